The molecule has 122 valence electrons. The topological polar surface area (TPSA) is 46.5 Å². The number of unbranched alkanes of at least 4 members (excludes halogenated alkanes) is 8. The fourth-order valence-electron chi connectivity index (χ4n) is 2.16. The van der Waals surface area contributed by atoms with Crippen LogP contribution in [0.4, 0.5) is 0 Å². The molecule has 0 heterocycles. The second kappa shape index (κ2) is 15.4. The molecule has 0 aromatic carbocycles. The largest absolute Gasteiger partial charge is 0.469 e. The van der Waals surface area contributed by atoms with Gasteiger partial charge in [-0.3, -0.25) is 4.79 Å². The van der Waals surface area contributed by atoms with Gasteiger partial charge in [0.1, 0.15) is 6.10 Å². The summed E-state index contributed by atoms with van der Waals surface area (Å²) in [7, 11) is 1.44. The Hall–Kier alpha value is -1.01. The van der Waals surface area contributed by atoms with Crippen molar-refractivity contribution >= 4 is 5.97 Å². The van der Waals surface area contributed by atoms with E-state index >= 15 is 0 Å². The lowest BCUT2D eigenvalue weighted by Gasteiger charge is -2.04. The second-order valence-corrected chi connectivity index (χ2v) is 5.53. The molecule has 0 radical (unpaired) electrons. The van der Waals surface area contributed by atoms with Crippen LogP contribution in [0.25, 0.3) is 0 Å². The van der Waals surface area contributed by atoms with Crippen molar-refractivity contribution < 1.29 is 14.6 Å². The zero-order valence-corrected chi connectivity index (χ0v) is 13.8. The lowest BCUT2D eigenvalue weighted by Crippen LogP contribution is -2.02. The van der Waals surface area contributed by atoms with Gasteiger partial charge in [0.2, 0.25) is 0 Å². The van der Waals surface area contributed by atoms with Gasteiger partial charge in [0.15, 0.2) is 0 Å². The zero-order valence-electron chi connectivity index (χ0n) is 13.8. The molecule has 0 aliphatic rings. The van der Waals surface area contributed by atoms with Crippen LogP contribution in [0.1, 0.15) is 84.0 Å². The van der Waals surface area contributed by atoms with Crippen LogP contribution in [0.3, 0.4) is 0 Å². The first kappa shape index (κ1) is 20.0. The van der Waals surface area contributed by atoms with Gasteiger partial charge in [-0.15, -0.1) is 5.92 Å². The number of esters is 1. The van der Waals surface area contributed by atoms with E-state index in [0.29, 0.717) is 6.42 Å². The maximum atomic E-state index is 10.9. The summed E-state index contributed by atoms with van der Waals surface area (Å²) in [5, 5.41) is 9.63. The quantitative estimate of drug-likeness (QED) is 0.333. The molecule has 0 spiro atoms. The molecule has 0 saturated carbocycles. The Labute approximate surface area is 130 Å². The van der Waals surface area contributed by atoms with E-state index in [-0.39, 0.29) is 5.97 Å². The van der Waals surface area contributed by atoms with Gasteiger partial charge in [-0.2, -0.15) is 0 Å². The molecule has 3 nitrogen and oxygen atoms in total. The molecule has 0 aliphatic carbocycles. The van der Waals surface area contributed by atoms with Crippen LogP contribution in [0.15, 0.2) is 0 Å². The highest BCUT2D eigenvalue weighted by Gasteiger charge is 2.00. The standard InChI is InChI=1S/C18H32O3/c1-3-4-11-14-17(19)15-12-9-7-5-6-8-10-13-16-18(20)21-2/h17,19H,3-10,12-13,15-16H2,1-2H3. The summed E-state index contributed by atoms with van der Waals surface area (Å²) in [6, 6.07) is 0. The van der Waals surface area contributed by atoms with Gasteiger partial charge in [0, 0.05) is 12.8 Å². The van der Waals surface area contributed by atoms with Crippen molar-refractivity contribution in [3.05, 3.63) is 0 Å². The fourth-order valence-corrected chi connectivity index (χ4v) is 2.16. The van der Waals surface area contributed by atoms with Gasteiger partial charge in [-0.05, 0) is 25.7 Å². The van der Waals surface area contributed by atoms with Crippen LogP contribution in [-0.4, -0.2) is 24.3 Å². The summed E-state index contributed by atoms with van der Waals surface area (Å²) in [6.45, 7) is 2.09. The van der Waals surface area contributed by atoms with Crippen molar-refractivity contribution in [2.75, 3.05) is 7.11 Å². The molecule has 0 aliphatic heterocycles. The summed E-state index contributed by atoms with van der Waals surface area (Å²) in [5.41, 5.74) is 0. The number of hydrogen-bond acceptors (Lipinski definition) is 3. The van der Waals surface area contributed by atoms with Crippen molar-refractivity contribution in [3.63, 3.8) is 0 Å². The SMILES string of the molecule is CCCC#CC(O)CCCCCCCCCCC(=O)OC. The monoisotopic (exact) mass is 296 g/mol. The number of ether oxygens (including phenoxy) is 1. The number of aliphatic hydroxyl groups excluding tert-OH is 1. The second-order valence-electron chi connectivity index (χ2n) is 5.53. The van der Waals surface area contributed by atoms with Crippen molar-refractivity contribution in [3.8, 4) is 11.8 Å². The molecule has 0 aromatic rings. The molecular formula is C18H32O3. The fraction of sp³-hybridized carbons (Fsp3) is 0.833. The third-order valence-electron chi connectivity index (χ3n) is 3.48. The number of carbonyl (C=O) groups excluding carboxylic acids is 1. The Kier molecular flexibility index (Phi) is 14.6. The van der Waals surface area contributed by atoms with Crippen LogP contribution in [0.5, 0.6) is 0 Å². The van der Waals surface area contributed by atoms with Gasteiger partial charge in [-0.25, -0.2) is 0 Å². The van der Waals surface area contributed by atoms with Crippen molar-refractivity contribution in [2.45, 2.75) is 90.1 Å². The third-order valence-corrected chi connectivity index (χ3v) is 3.48. The summed E-state index contributed by atoms with van der Waals surface area (Å²) in [6.07, 6.45) is 12.0. The van der Waals surface area contributed by atoms with Crippen molar-refractivity contribution in [2.24, 2.45) is 0 Å². The number of carbonyl (C=O) groups is 1. The van der Waals surface area contributed by atoms with Gasteiger partial charge < -0.3 is 9.84 Å². The minimum Gasteiger partial charge on any atom is -0.469 e. The highest BCUT2D eigenvalue weighted by molar-refractivity contribution is 5.68. The number of hydrogen-bond donors (Lipinski definition) is 1. The zero-order chi connectivity index (χ0) is 15.8. The molecule has 1 atom stereocenters. The van der Waals surface area contributed by atoms with E-state index in [1.165, 1.54) is 39.2 Å². The van der Waals surface area contributed by atoms with Crippen LogP contribution >= 0.6 is 0 Å². The molecule has 0 rings (SSSR count). The van der Waals surface area contributed by atoms with Crippen LogP contribution in [0, 0.1) is 11.8 Å². The van der Waals surface area contributed by atoms with Gasteiger partial charge >= 0.3 is 5.97 Å². The van der Waals surface area contributed by atoms with E-state index in [1.807, 2.05) is 0 Å². The molecule has 3 heteroatoms. The third kappa shape index (κ3) is 15.2. The van der Waals surface area contributed by atoms with E-state index in [9.17, 15) is 9.90 Å². The molecule has 1 N–H and O–H groups in total. The smallest absolute Gasteiger partial charge is 0.305 e. The molecule has 0 saturated heterocycles. The Morgan fingerprint density at radius 3 is 2.19 bits per heavy atom. The molecule has 0 fully saturated rings. The minimum atomic E-state index is -0.435. The maximum Gasteiger partial charge on any atom is 0.305 e. The van der Waals surface area contributed by atoms with Crippen molar-refractivity contribution in [1.29, 1.82) is 0 Å². The molecule has 21 heavy (non-hydrogen) atoms. The Balaban J connectivity index is 3.22. The number of aliphatic hydroxyl groups is 1. The lowest BCUT2D eigenvalue weighted by molar-refractivity contribution is -0.140. The predicted octanol–water partition coefficient (Wildman–Crippen LogP) is 4.22. The Morgan fingerprint density at radius 1 is 1.05 bits per heavy atom. The van der Waals surface area contributed by atoms with E-state index in [2.05, 4.69) is 23.5 Å². The van der Waals surface area contributed by atoms with Crippen molar-refractivity contribution in [1.82, 2.24) is 0 Å². The van der Waals surface area contributed by atoms with E-state index in [4.69, 9.17) is 0 Å². The first-order valence-electron chi connectivity index (χ1n) is 8.44. The molecule has 1 unspecified atom stereocenters. The lowest BCUT2D eigenvalue weighted by atomic mass is 10.0. The van der Waals surface area contributed by atoms with E-state index in [1.54, 1.807) is 0 Å². The number of rotatable bonds is 12. The Morgan fingerprint density at radius 2 is 1.62 bits per heavy atom. The van der Waals surface area contributed by atoms with Crippen LogP contribution < -0.4 is 0 Å². The summed E-state index contributed by atoms with van der Waals surface area (Å²) in [4.78, 5) is 10.9. The highest BCUT2D eigenvalue weighted by Crippen LogP contribution is 2.11. The van der Waals surface area contributed by atoms with E-state index < -0.39 is 6.10 Å². The van der Waals surface area contributed by atoms with Crippen LogP contribution in [0.2, 0.25) is 0 Å². The number of methoxy groups -OCH3 is 1. The van der Waals surface area contributed by atoms with Crippen LogP contribution in [-0.2, 0) is 9.53 Å². The molecule has 0 aromatic heterocycles. The molecule has 0 amide bonds. The average molecular weight is 296 g/mol. The molecular weight excluding hydrogens is 264 g/mol. The minimum absolute atomic E-state index is 0.101. The Bertz CT molecular complexity index is 301. The highest BCUT2D eigenvalue weighted by atomic mass is 16.5. The average Bonchev–Trinajstić information content (AvgIpc) is 2.49. The maximum absolute atomic E-state index is 10.9. The summed E-state index contributed by atoms with van der Waals surface area (Å²) in [5.74, 6) is 5.78. The first-order valence-corrected chi connectivity index (χ1v) is 8.44. The van der Waals surface area contributed by atoms with Gasteiger partial charge in [0.05, 0.1) is 7.11 Å². The predicted molar refractivity (Wildman–Crippen MR) is 86.9 cm³/mol. The van der Waals surface area contributed by atoms with Gasteiger partial charge in [0.25, 0.3) is 0 Å². The summed E-state index contributed by atoms with van der Waals surface area (Å²) < 4.78 is 4.60. The normalized spacial score (nSPS) is 11.6. The summed E-state index contributed by atoms with van der Waals surface area (Å²) >= 11 is 0. The first-order chi connectivity index (χ1) is 10.2. The molecule has 0 bridgehead atoms. The van der Waals surface area contributed by atoms with E-state index in [0.717, 1.165) is 38.5 Å². The van der Waals surface area contributed by atoms with Gasteiger partial charge in [-0.1, -0.05) is 51.4 Å².